The fraction of sp³-hybridized carbons (Fsp3) is 0.400. The van der Waals surface area contributed by atoms with Gasteiger partial charge < -0.3 is 10.5 Å². The number of carbonyl (C=O) groups is 1. The number of nitrogens with two attached hydrogens (primary N) is 1. The second-order valence-electron chi connectivity index (χ2n) is 1.79. The van der Waals surface area contributed by atoms with Crippen LogP contribution in [0.1, 0.15) is 0 Å². The number of carbonyl (C=O) groups excluding carboxylic acids is 1. The highest BCUT2D eigenvalue weighted by molar-refractivity contribution is 9.14. The van der Waals surface area contributed by atoms with E-state index >= 15 is 0 Å². The lowest BCUT2D eigenvalue weighted by molar-refractivity contribution is -0.138. The summed E-state index contributed by atoms with van der Waals surface area (Å²) in [6, 6.07) is 0. The Kier molecular flexibility index (Phi) is 2.49. The third kappa shape index (κ3) is 1.26. The fourth-order valence-corrected chi connectivity index (χ4v) is 1.41. The second-order valence-corrected chi connectivity index (χ2v) is 3.44. The topological polar surface area (TPSA) is 52.3 Å². The summed E-state index contributed by atoms with van der Waals surface area (Å²) in [5, 5.41) is 0. The predicted molar refractivity (Wildman–Crippen MR) is 43.8 cm³/mol. The molecule has 0 saturated carbocycles. The van der Waals surface area contributed by atoms with Gasteiger partial charge in [-0.25, -0.2) is 4.79 Å². The molecule has 0 saturated heterocycles. The van der Waals surface area contributed by atoms with Gasteiger partial charge in [0.15, 0.2) is 0 Å². The minimum Gasteiger partial charge on any atom is -0.452 e. The monoisotopic (exact) mass is 269 g/mol. The van der Waals surface area contributed by atoms with E-state index in [1.165, 1.54) is 0 Å². The summed E-state index contributed by atoms with van der Waals surface area (Å²) in [7, 11) is 0. The number of esters is 1. The van der Waals surface area contributed by atoms with Gasteiger partial charge >= 0.3 is 5.97 Å². The number of halogens is 2. The van der Waals surface area contributed by atoms with Crippen molar-refractivity contribution in [3.05, 3.63) is 8.96 Å². The standard InChI is InChI=1S/C5H5Br2NO2/c6-3-2(1-8)10-5(9)4(3)7/h2H,1,8H2/t2-/m0/s1. The van der Waals surface area contributed by atoms with Crippen LogP contribution >= 0.6 is 31.9 Å². The summed E-state index contributed by atoms with van der Waals surface area (Å²) in [4.78, 5) is 10.7. The Bertz CT molecular complexity index is 202. The Balaban J connectivity index is 2.83. The highest BCUT2D eigenvalue weighted by Gasteiger charge is 2.29. The van der Waals surface area contributed by atoms with Gasteiger partial charge in [0.1, 0.15) is 10.6 Å². The van der Waals surface area contributed by atoms with Crippen molar-refractivity contribution in [1.29, 1.82) is 0 Å². The quantitative estimate of drug-likeness (QED) is 0.720. The lowest BCUT2D eigenvalue weighted by atomic mass is 10.3. The number of hydrogen-bond donors (Lipinski definition) is 1. The molecule has 0 radical (unpaired) electrons. The molecular formula is C5H5Br2NO2. The Labute approximate surface area is 74.9 Å². The molecule has 10 heavy (non-hydrogen) atoms. The van der Waals surface area contributed by atoms with E-state index in [1.807, 2.05) is 0 Å². The zero-order valence-electron chi connectivity index (χ0n) is 4.93. The van der Waals surface area contributed by atoms with Gasteiger partial charge in [-0.05, 0) is 15.9 Å². The molecule has 1 rings (SSSR count). The van der Waals surface area contributed by atoms with Crippen molar-refractivity contribution in [1.82, 2.24) is 0 Å². The first kappa shape index (κ1) is 8.23. The predicted octanol–water partition coefficient (Wildman–Crippen LogP) is 0.872. The van der Waals surface area contributed by atoms with Gasteiger partial charge in [0, 0.05) is 6.54 Å². The Morgan fingerprint density at radius 2 is 2.20 bits per heavy atom. The van der Waals surface area contributed by atoms with Gasteiger partial charge in [-0.15, -0.1) is 0 Å². The van der Waals surface area contributed by atoms with Crippen molar-refractivity contribution in [2.75, 3.05) is 6.54 Å². The highest BCUT2D eigenvalue weighted by atomic mass is 79.9. The average molecular weight is 271 g/mol. The summed E-state index contributed by atoms with van der Waals surface area (Å²) < 4.78 is 5.93. The molecule has 0 unspecified atom stereocenters. The van der Waals surface area contributed by atoms with Crippen molar-refractivity contribution in [2.24, 2.45) is 5.73 Å². The summed E-state index contributed by atoms with van der Waals surface area (Å²) >= 11 is 6.23. The molecule has 0 spiro atoms. The summed E-state index contributed by atoms with van der Waals surface area (Å²) in [5.74, 6) is -0.359. The van der Waals surface area contributed by atoms with Gasteiger partial charge in [0.2, 0.25) is 0 Å². The maximum atomic E-state index is 10.7. The first-order valence-electron chi connectivity index (χ1n) is 2.63. The molecule has 1 atom stereocenters. The molecule has 0 amide bonds. The number of ether oxygens (including phenoxy) is 1. The smallest absolute Gasteiger partial charge is 0.346 e. The van der Waals surface area contributed by atoms with Gasteiger partial charge in [-0.3, -0.25) is 0 Å². The van der Waals surface area contributed by atoms with Crippen molar-refractivity contribution in [3.8, 4) is 0 Å². The third-order valence-electron chi connectivity index (χ3n) is 1.13. The molecule has 1 aliphatic rings. The molecule has 0 aromatic rings. The van der Waals surface area contributed by atoms with Crippen molar-refractivity contribution in [2.45, 2.75) is 6.10 Å². The number of rotatable bonds is 1. The molecule has 0 aromatic carbocycles. The van der Waals surface area contributed by atoms with Crippen LogP contribution in [-0.4, -0.2) is 18.6 Å². The summed E-state index contributed by atoms with van der Waals surface area (Å²) in [5.41, 5.74) is 5.29. The van der Waals surface area contributed by atoms with E-state index in [-0.39, 0.29) is 12.1 Å². The molecule has 1 aliphatic heterocycles. The lowest BCUT2D eigenvalue weighted by Gasteiger charge is -2.04. The number of cyclic esters (lactones) is 1. The van der Waals surface area contributed by atoms with Gasteiger partial charge in [-0.2, -0.15) is 0 Å². The SMILES string of the molecule is NC[C@@H]1OC(=O)C(Br)=C1Br. The van der Waals surface area contributed by atoms with E-state index in [9.17, 15) is 4.79 Å². The van der Waals surface area contributed by atoms with Crippen molar-refractivity contribution < 1.29 is 9.53 Å². The van der Waals surface area contributed by atoms with Crippen molar-refractivity contribution >= 4 is 37.8 Å². The minimum absolute atomic E-state index is 0.304. The third-order valence-corrected chi connectivity index (χ3v) is 3.33. The molecule has 0 aromatic heterocycles. The van der Waals surface area contributed by atoms with Crippen LogP contribution in [0.3, 0.4) is 0 Å². The van der Waals surface area contributed by atoms with Crippen molar-refractivity contribution in [3.63, 3.8) is 0 Å². The second kappa shape index (κ2) is 3.02. The van der Waals surface area contributed by atoms with Crippen LogP contribution in [0.15, 0.2) is 8.96 Å². The molecule has 3 nitrogen and oxygen atoms in total. The Morgan fingerprint density at radius 3 is 2.40 bits per heavy atom. The maximum Gasteiger partial charge on any atom is 0.346 e. The molecule has 56 valence electrons. The normalized spacial score (nSPS) is 25.5. The van der Waals surface area contributed by atoms with E-state index in [0.717, 1.165) is 0 Å². The zero-order chi connectivity index (χ0) is 7.72. The van der Waals surface area contributed by atoms with E-state index in [4.69, 9.17) is 10.5 Å². The molecule has 1 heterocycles. The molecule has 2 N–H and O–H groups in total. The maximum absolute atomic E-state index is 10.7. The fourth-order valence-electron chi connectivity index (χ4n) is 0.623. The number of hydrogen-bond acceptors (Lipinski definition) is 3. The van der Waals surface area contributed by atoms with Gasteiger partial charge in [0.25, 0.3) is 0 Å². The van der Waals surface area contributed by atoms with Gasteiger partial charge in [0.05, 0.1) is 4.48 Å². The Hall–Kier alpha value is 0.130. The van der Waals surface area contributed by atoms with E-state index in [1.54, 1.807) is 0 Å². The average Bonchev–Trinajstić information content (AvgIpc) is 2.17. The first-order chi connectivity index (χ1) is 4.66. The highest BCUT2D eigenvalue weighted by Crippen LogP contribution is 2.30. The minimum atomic E-state index is -0.359. The first-order valence-corrected chi connectivity index (χ1v) is 4.21. The van der Waals surface area contributed by atoms with E-state index < -0.39 is 0 Å². The largest absolute Gasteiger partial charge is 0.452 e. The molecule has 0 aliphatic carbocycles. The van der Waals surface area contributed by atoms with Crippen LogP contribution < -0.4 is 5.73 Å². The van der Waals surface area contributed by atoms with Crippen LogP contribution in [-0.2, 0) is 9.53 Å². The summed E-state index contributed by atoms with van der Waals surface area (Å²) in [6.45, 7) is 0.307. The molecule has 5 heteroatoms. The van der Waals surface area contributed by atoms with E-state index in [0.29, 0.717) is 15.5 Å². The molecule has 0 bridgehead atoms. The zero-order valence-corrected chi connectivity index (χ0v) is 8.11. The van der Waals surface area contributed by atoms with Crippen LogP contribution in [0.4, 0.5) is 0 Å². The van der Waals surface area contributed by atoms with Crippen LogP contribution in [0.25, 0.3) is 0 Å². The van der Waals surface area contributed by atoms with Crippen LogP contribution in [0, 0.1) is 0 Å². The molecule has 0 fully saturated rings. The molecular weight excluding hydrogens is 266 g/mol. The Morgan fingerprint density at radius 1 is 1.60 bits per heavy atom. The lowest BCUT2D eigenvalue weighted by Crippen LogP contribution is -2.21. The van der Waals surface area contributed by atoms with Crippen LogP contribution in [0.5, 0.6) is 0 Å². The summed E-state index contributed by atoms with van der Waals surface area (Å²) in [6.07, 6.45) is -0.304. The van der Waals surface area contributed by atoms with Gasteiger partial charge in [-0.1, -0.05) is 15.9 Å². The van der Waals surface area contributed by atoms with E-state index in [2.05, 4.69) is 31.9 Å². The van der Waals surface area contributed by atoms with Crippen LogP contribution in [0.2, 0.25) is 0 Å².